The van der Waals surface area contributed by atoms with E-state index in [0.29, 0.717) is 19.0 Å². The van der Waals surface area contributed by atoms with Gasteiger partial charge in [-0.05, 0) is 18.2 Å². The maximum Gasteiger partial charge on any atom is 0.304 e. The predicted molar refractivity (Wildman–Crippen MR) is 65.0 cm³/mol. The van der Waals surface area contributed by atoms with E-state index in [1.807, 2.05) is 18.2 Å². The van der Waals surface area contributed by atoms with Crippen LogP contribution in [0.4, 0.5) is 0 Å². The van der Waals surface area contributed by atoms with Crippen LogP contribution in [-0.4, -0.2) is 30.0 Å². The molecule has 0 aromatic heterocycles. The van der Waals surface area contributed by atoms with Gasteiger partial charge in [-0.25, -0.2) is 0 Å². The van der Waals surface area contributed by atoms with Crippen molar-refractivity contribution in [2.75, 3.05) is 19.0 Å². The molecule has 0 saturated heterocycles. The Morgan fingerprint density at radius 1 is 1.29 bits per heavy atom. The first-order valence-electron chi connectivity index (χ1n) is 5.50. The third-order valence-corrected chi connectivity index (χ3v) is 3.30. The van der Waals surface area contributed by atoms with Gasteiger partial charge in [0.2, 0.25) is 0 Å². The lowest BCUT2D eigenvalue weighted by Crippen LogP contribution is -1.97. The molecule has 0 atom stereocenters. The monoisotopic (exact) mass is 254 g/mol. The van der Waals surface area contributed by atoms with Gasteiger partial charge in [0.25, 0.3) is 0 Å². The second kappa shape index (κ2) is 5.82. The molecule has 0 spiro atoms. The van der Waals surface area contributed by atoms with Gasteiger partial charge >= 0.3 is 5.97 Å². The quantitative estimate of drug-likeness (QED) is 0.836. The molecule has 5 heteroatoms. The van der Waals surface area contributed by atoms with Crippen LogP contribution in [0.1, 0.15) is 12.8 Å². The predicted octanol–water partition coefficient (Wildman–Crippen LogP) is 2.41. The number of carboxylic acid groups (broad SMARTS) is 1. The standard InChI is InChI=1S/C12H14O4S/c13-12(14)4-7-17-9-2-3-10-11(8-9)16-6-1-5-15-10/h2-3,8H,1,4-7H2,(H,13,14). The molecular formula is C12H14O4S. The van der Waals surface area contributed by atoms with Crippen molar-refractivity contribution in [2.24, 2.45) is 0 Å². The zero-order valence-corrected chi connectivity index (χ0v) is 10.2. The summed E-state index contributed by atoms with van der Waals surface area (Å²) in [5.41, 5.74) is 0. The van der Waals surface area contributed by atoms with E-state index < -0.39 is 5.97 Å². The van der Waals surface area contributed by atoms with E-state index in [9.17, 15) is 4.79 Å². The number of rotatable bonds is 4. The van der Waals surface area contributed by atoms with Gasteiger partial charge in [0.1, 0.15) is 0 Å². The van der Waals surface area contributed by atoms with Crippen molar-refractivity contribution in [3.8, 4) is 11.5 Å². The summed E-state index contributed by atoms with van der Waals surface area (Å²) in [6.07, 6.45) is 1.05. The second-order valence-electron chi connectivity index (χ2n) is 3.65. The number of carboxylic acids is 1. The highest BCUT2D eigenvalue weighted by atomic mass is 32.2. The fraction of sp³-hybridized carbons (Fsp3) is 0.417. The lowest BCUT2D eigenvalue weighted by atomic mass is 10.3. The Kier molecular flexibility index (Phi) is 4.14. The highest BCUT2D eigenvalue weighted by molar-refractivity contribution is 7.99. The number of fused-ring (bicyclic) bond motifs is 1. The normalized spacial score (nSPS) is 14.1. The van der Waals surface area contributed by atoms with Crippen molar-refractivity contribution < 1.29 is 19.4 Å². The molecule has 0 bridgehead atoms. The van der Waals surface area contributed by atoms with E-state index >= 15 is 0 Å². The zero-order valence-electron chi connectivity index (χ0n) is 9.35. The molecule has 4 nitrogen and oxygen atoms in total. The fourth-order valence-electron chi connectivity index (χ4n) is 1.49. The van der Waals surface area contributed by atoms with Crippen LogP contribution in [0.5, 0.6) is 11.5 Å². The summed E-state index contributed by atoms with van der Waals surface area (Å²) in [4.78, 5) is 11.4. The Labute approximate surface area is 104 Å². The molecule has 1 aliphatic rings. The molecule has 0 fully saturated rings. The average molecular weight is 254 g/mol. The van der Waals surface area contributed by atoms with E-state index in [1.54, 1.807) is 0 Å². The summed E-state index contributed by atoms with van der Waals surface area (Å²) in [5, 5.41) is 8.56. The van der Waals surface area contributed by atoms with Gasteiger partial charge < -0.3 is 14.6 Å². The molecule has 0 saturated carbocycles. The molecule has 0 amide bonds. The maximum absolute atomic E-state index is 10.4. The van der Waals surface area contributed by atoms with Crippen molar-refractivity contribution >= 4 is 17.7 Å². The molecule has 0 unspecified atom stereocenters. The van der Waals surface area contributed by atoms with Crippen molar-refractivity contribution in [1.82, 2.24) is 0 Å². The Balaban J connectivity index is 1.99. The van der Waals surface area contributed by atoms with Crippen molar-refractivity contribution in [2.45, 2.75) is 17.7 Å². The Bertz CT molecular complexity index is 405. The average Bonchev–Trinajstić information content (AvgIpc) is 2.53. The third kappa shape index (κ3) is 3.56. The Morgan fingerprint density at radius 2 is 2.06 bits per heavy atom. The number of carbonyl (C=O) groups is 1. The molecule has 1 aromatic carbocycles. The lowest BCUT2D eigenvalue weighted by Gasteiger charge is -2.08. The number of hydrogen-bond donors (Lipinski definition) is 1. The van der Waals surface area contributed by atoms with Gasteiger partial charge in [-0.1, -0.05) is 0 Å². The molecule has 92 valence electrons. The molecule has 0 radical (unpaired) electrons. The van der Waals surface area contributed by atoms with Crippen molar-refractivity contribution in [1.29, 1.82) is 0 Å². The van der Waals surface area contributed by atoms with E-state index in [-0.39, 0.29) is 6.42 Å². The SMILES string of the molecule is O=C(O)CCSc1ccc2c(c1)OCCCO2. The van der Waals surface area contributed by atoms with Crippen molar-refractivity contribution in [3.63, 3.8) is 0 Å². The molecule has 1 heterocycles. The number of aliphatic carboxylic acids is 1. The fourth-order valence-corrected chi connectivity index (χ4v) is 2.36. The lowest BCUT2D eigenvalue weighted by molar-refractivity contribution is -0.136. The van der Waals surface area contributed by atoms with Crippen LogP contribution in [-0.2, 0) is 4.79 Å². The first-order valence-corrected chi connectivity index (χ1v) is 6.48. The van der Waals surface area contributed by atoms with E-state index in [1.165, 1.54) is 11.8 Å². The first-order chi connectivity index (χ1) is 8.25. The van der Waals surface area contributed by atoms with Crippen LogP contribution in [0.2, 0.25) is 0 Å². The van der Waals surface area contributed by atoms with Gasteiger partial charge in [-0.2, -0.15) is 0 Å². The molecule has 0 aliphatic carbocycles. The van der Waals surface area contributed by atoms with Gasteiger partial charge in [0.05, 0.1) is 19.6 Å². The van der Waals surface area contributed by atoms with Crippen LogP contribution in [0.3, 0.4) is 0 Å². The van der Waals surface area contributed by atoms with Crippen LogP contribution in [0.25, 0.3) is 0 Å². The summed E-state index contributed by atoms with van der Waals surface area (Å²) >= 11 is 1.51. The third-order valence-electron chi connectivity index (χ3n) is 2.30. The molecule has 2 rings (SSSR count). The zero-order chi connectivity index (χ0) is 12.1. The molecular weight excluding hydrogens is 240 g/mol. The maximum atomic E-state index is 10.4. The van der Waals surface area contributed by atoms with Crippen LogP contribution in [0.15, 0.2) is 23.1 Å². The summed E-state index contributed by atoms with van der Waals surface area (Å²) in [6, 6.07) is 5.72. The van der Waals surface area contributed by atoms with Gasteiger partial charge in [0, 0.05) is 17.1 Å². The molecule has 1 aliphatic heterocycles. The molecule has 17 heavy (non-hydrogen) atoms. The van der Waals surface area contributed by atoms with E-state index in [4.69, 9.17) is 14.6 Å². The van der Waals surface area contributed by atoms with Gasteiger partial charge in [-0.15, -0.1) is 11.8 Å². The van der Waals surface area contributed by atoms with Gasteiger partial charge in [-0.3, -0.25) is 4.79 Å². The number of ether oxygens (including phenoxy) is 2. The first kappa shape index (κ1) is 12.1. The minimum absolute atomic E-state index is 0.166. The second-order valence-corrected chi connectivity index (χ2v) is 4.82. The van der Waals surface area contributed by atoms with E-state index in [2.05, 4.69) is 0 Å². The minimum atomic E-state index is -0.771. The van der Waals surface area contributed by atoms with Gasteiger partial charge in [0.15, 0.2) is 11.5 Å². The number of hydrogen-bond acceptors (Lipinski definition) is 4. The summed E-state index contributed by atoms with van der Waals surface area (Å²) < 4.78 is 11.1. The Morgan fingerprint density at radius 3 is 2.82 bits per heavy atom. The Hall–Kier alpha value is -1.36. The van der Waals surface area contributed by atoms with Crippen LogP contribution < -0.4 is 9.47 Å². The number of benzene rings is 1. The highest BCUT2D eigenvalue weighted by Gasteiger charge is 2.10. The summed E-state index contributed by atoms with van der Waals surface area (Å²) in [5.74, 6) is 1.31. The highest BCUT2D eigenvalue weighted by Crippen LogP contribution is 2.33. The largest absolute Gasteiger partial charge is 0.490 e. The van der Waals surface area contributed by atoms with Crippen LogP contribution >= 0.6 is 11.8 Å². The minimum Gasteiger partial charge on any atom is -0.490 e. The number of thioether (sulfide) groups is 1. The smallest absolute Gasteiger partial charge is 0.304 e. The summed E-state index contributed by atoms with van der Waals surface area (Å²) in [7, 11) is 0. The molecule has 1 N–H and O–H groups in total. The summed E-state index contributed by atoms with van der Waals surface area (Å²) in [6.45, 7) is 1.34. The van der Waals surface area contributed by atoms with Crippen LogP contribution in [0, 0.1) is 0 Å². The van der Waals surface area contributed by atoms with Crippen molar-refractivity contribution in [3.05, 3.63) is 18.2 Å². The van der Waals surface area contributed by atoms with E-state index in [0.717, 1.165) is 22.8 Å². The topological polar surface area (TPSA) is 55.8 Å². The molecule has 1 aromatic rings.